The molecule has 0 radical (unpaired) electrons. The number of anilines is 1. The number of nitrogens with zero attached hydrogens (tertiary/aromatic N) is 3. The van der Waals surface area contributed by atoms with Crippen LogP contribution in [0, 0.1) is 20.8 Å². The van der Waals surface area contributed by atoms with Gasteiger partial charge in [-0.25, -0.2) is 9.67 Å². The van der Waals surface area contributed by atoms with Gasteiger partial charge in [0.15, 0.2) is 5.65 Å². The summed E-state index contributed by atoms with van der Waals surface area (Å²) in [6, 6.07) is 4.55. The van der Waals surface area contributed by atoms with Gasteiger partial charge in [-0.2, -0.15) is 5.10 Å². The van der Waals surface area contributed by atoms with Gasteiger partial charge in [-0.05, 0) is 63.6 Å². The third-order valence-corrected chi connectivity index (χ3v) is 6.58. The summed E-state index contributed by atoms with van der Waals surface area (Å²) in [5.41, 5.74) is 7.02. The second-order valence-corrected chi connectivity index (χ2v) is 9.02. The van der Waals surface area contributed by atoms with Crippen LogP contribution < -0.4 is 10.6 Å². The first-order valence-electron chi connectivity index (χ1n) is 12.0. The predicted octanol–water partition coefficient (Wildman–Crippen LogP) is 4.85. The van der Waals surface area contributed by atoms with E-state index in [9.17, 15) is 4.79 Å². The SMILES string of the molecule is CCC(NC(=O)c1cnc2c(cnn2CC)c1NC1CCOCC1)c1c(C)cc(C)cc1C. The number of carbonyl (C=O) groups excluding carboxylic acids is 1. The van der Waals surface area contributed by atoms with Crippen LogP contribution in [0.2, 0.25) is 0 Å². The van der Waals surface area contributed by atoms with Crippen molar-refractivity contribution in [1.82, 2.24) is 20.1 Å². The van der Waals surface area contributed by atoms with Crippen LogP contribution >= 0.6 is 0 Å². The van der Waals surface area contributed by atoms with E-state index in [1.807, 2.05) is 17.8 Å². The summed E-state index contributed by atoms with van der Waals surface area (Å²) < 4.78 is 7.38. The Balaban J connectivity index is 1.70. The molecule has 2 N–H and O–H groups in total. The number of aryl methyl sites for hydroxylation is 4. The first-order chi connectivity index (χ1) is 15.9. The van der Waals surface area contributed by atoms with E-state index < -0.39 is 0 Å². The summed E-state index contributed by atoms with van der Waals surface area (Å²) in [6.07, 6.45) is 6.13. The summed E-state index contributed by atoms with van der Waals surface area (Å²) in [5.74, 6) is -0.116. The van der Waals surface area contributed by atoms with E-state index in [1.54, 1.807) is 6.20 Å². The first-order valence-corrected chi connectivity index (χ1v) is 12.0. The molecule has 1 aliphatic heterocycles. The van der Waals surface area contributed by atoms with Gasteiger partial charge in [0.2, 0.25) is 0 Å². The molecule has 7 heteroatoms. The number of pyridine rings is 1. The van der Waals surface area contributed by atoms with Crippen LogP contribution in [0.1, 0.15) is 71.8 Å². The van der Waals surface area contributed by atoms with Crippen molar-refractivity contribution in [1.29, 1.82) is 0 Å². The third-order valence-electron chi connectivity index (χ3n) is 6.58. The quantitative estimate of drug-likeness (QED) is 0.539. The Morgan fingerprint density at radius 3 is 2.48 bits per heavy atom. The van der Waals surface area contributed by atoms with Crippen LogP contribution in [0.25, 0.3) is 11.0 Å². The predicted molar refractivity (Wildman–Crippen MR) is 132 cm³/mol. The number of ether oxygens (including phenoxy) is 1. The molecule has 1 amide bonds. The number of amides is 1. The van der Waals surface area contributed by atoms with E-state index in [-0.39, 0.29) is 18.0 Å². The van der Waals surface area contributed by atoms with E-state index in [4.69, 9.17) is 4.74 Å². The molecule has 1 unspecified atom stereocenters. The van der Waals surface area contributed by atoms with Gasteiger partial charge < -0.3 is 15.4 Å². The van der Waals surface area contributed by atoms with E-state index in [1.165, 1.54) is 22.3 Å². The van der Waals surface area contributed by atoms with Crippen molar-refractivity contribution in [2.45, 2.75) is 72.5 Å². The number of fused-ring (bicyclic) bond motifs is 1. The van der Waals surface area contributed by atoms with Crippen molar-refractivity contribution >= 4 is 22.6 Å². The number of rotatable bonds is 7. The number of aromatic nitrogens is 3. The number of benzene rings is 1. The molecule has 0 aliphatic carbocycles. The number of nitrogens with one attached hydrogen (secondary N) is 2. The highest BCUT2D eigenvalue weighted by atomic mass is 16.5. The van der Waals surface area contributed by atoms with E-state index in [0.29, 0.717) is 5.56 Å². The molecule has 1 atom stereocenters. The fourth-order valence-corrected chi connectivity index (χ4v) is 4.99. The van der Waals surface area contributed by atoms with Crippen LogP contribution in [-0.2, 0) is 11.3 Å². The monoisotopic (exact) mass is 449 g/mol. The standard InChI is InChI=1S/C26H35N5O2/c1-6-22(23-17(4)12-16(3)13-18(23)5)30-26(32)21-14-27-25-20(15-28-31(25)7-2)24(21)29-19-8-10-33-11-9-19/h12-15,19,22H,6-11H2,1-5H3,(H,27,29)(H,30,32). The molecule has 1 aromatic carbocycles. The molecule has 1 aliphatic rings. The van der Waals surface area contributed by atoms with Gasteiger partial charge in [-0.15, -0.1) is 0 Å². The van der Waals surface area contributed by atoms with Crippen molar-refractivity contribution in [3.63, 3.8) is 0 Å². The lowest BCUT2D eigenvalue weighted by Gasteiger charge is -2.26. The molecule has 176 valence electrons. The van der Waals surface area contributed by atoms with Crippen molar-refractivity contribution in [2.24, 2.45) is 0 Å². The van der Waals surface area contributed by atoms with E-state index in [2.05, 4.69) is 60.5 Å². The molecule has 3 heterocycles. The minimum absolute atomic E-state index is 0.0666. The molecule has 1 fully saturated rings. The first kappa shape index (κ1) is 23.2. The maximum Gasteiger partial charge on any atom is 0.255 e. The Kier molecular flexibility index (Phi) is 6.98. The Hall–Kier alpha value is -2.93. The molecule has 0 spiro atoms. The second kappa shape index (κ2) is 9.91. The van der Waals surface area contributed by atoms with Crippen LogP contribution in [0.15, 0.2) is 24.5 Å². The lowest BCUT2D eigenvalue weighted by Crippen LogP contribution is -2.32. The summed E-state index contributed by atoms with van der Waals surface area (Å²) in [5, 5.41) is 12.3. The van der Waals surface area contributed by atoms with Crippen LogP contribution in [0.4, 0.5) is 5.69 Å². The highest BCUT2D eigenvalue weighted by Gasteiger charge is 2.24. The van der Waals surface area contributed by atoms with E-state index >= 15 is 0 Å². The number of hydrogen-bond acceptors (Lipinski definition) is 5. The summed E-state index contributed by atoms with van der Waals surface area (Å²) in [4.78, 5) is 18.2. The zero-order valence-electron chi connectivity index (χ0n) is 20.4. The van der Waals surface area contributed by atoms with Crippen LogP contribution in [0.3, 0.4) is 0 Å². The average Bonchev–Trinajstić information content (AvgIpc) is 3.22. The highest BCUT2D eigenvalue weighted by Crippen LogP contribution is 2.30. The Labute approximate surface area is 195 Å². The lowest BCUT2D eigenvalue weighted by molar-refractivity contribution is 0.0903. The minimum Gasteiger partial charge on any atom is -0.381 e. The molecule has 2 aromatic heterocycles. The molecule has 0 bridgehead atoms. The molecule has 0 saturated carbocycles. The molecule has 33 heavy (non-hydrogen) atoms. The van der Waals surface area contributed by atoms with Gasteiger partial charge in [0.25, 0.3) is 5.91 Å². The van der Waals surface area contributed by atoms with Crippen molar-refractivity contribution in [3.05, 3.63) is 52.3 Å². The Bertz CT molecular complexity index is 1120. The molecule has 3 aromatic rings. The van der Waals surface area contributed by atoms with Crippen molar-refractivity contribution in [2.75, 3.05) is 18.5 Å². The van der Waals surface area contributed by atoms with E-state index in [0.717, 1.165) is 55.7 Å². The highest BCUT2D eigenvalue weighted by molar-refractivity contribution is 6.06. The normalized spacial score (nSPS) is 15.5. The Morgan fingerprint density at radius 1 is 1.15 bits per heavy atom. The zero-order valence-corrected chi connectivity index (χ0v) is 20.4. The van der Waals surface area contributed by atoms with Crippen LogP contribution in [0.5, 0.6) is 0 Å². The van der Waals surface area contributed by atoms with Gasteiger partial charge in [-0.3, -0.25) is 4.79 Å². The zero-order chi connectivity index (χ0) is 23.5. The lowest BCUT2D eigenvalue weighted by atomic mass is 9.92. The molecular formula is C26H35N5O2. The minimum atomic E-state index is -0.116. The maximum atomic E-state index is 13.6. The molecular weight excluding hydrogens is 414 g/mol. The molecule has 1 saturated heterocycles. The van der Waals surface area contributed by atoms with Gasteiger partial charge >= 0.3 is 0 Å². The summed E-state index contributed by atoms with van der Waals surface area (Å²) >= 11 is 0. The topological polar surface area (TPSA) is 81.1 Å². The maximum absolute atomic E-state index is 13.6. The fourth-order valence-electron chi connectivity index (χ4n) is 4.99. The van der Waals surface area contributed by atoms with Gasteiger partial charge in [0.1, 0.15) is 0 Å². The molecule has 7 nitrogen and oxygen atoms in total. The molecule has 4 rings (SSSR count). The second-order valence-electron chi connectivity index (χ2n) is 9.02. The van der Waals surface area contributed by atoms with Gasteiger partial charge in [0, 0.05) is 32.0 Å². The van der Waals surface area contributed by atoms with Crippen molar-refractivity contribution < 1.29 is 9.53 Å². The van der Waals surface area contributed by atoms with Crippen LogP contribution in [-0.4, -0.2) is 39.9 Å². The number of carbonyl (C=O) groups is 1. The summed E-state index contributed by atoms with van der Waals surface area (Å²) in [6.45, 7) is 12.7. The fraction of sp³-hybridized carbons (Fsp3) is 0.500. The largest absolute Gasteiger partial charge is 0.381 e. The third kappa shape index (κ3) is 4.74. The average molecular weight is 450 g/mol. The smallest absolute Gasteiger partial charge is 0.255 e. The van der Waals surface area contributed by atoms with Gasteiger partial charge in [-0.1, -0.05) is 24.6 Å². The van der Waals surface area contributed by atoms with Gasteiger partial charge in [0.05, 0.1) is 28.9 Å². The van der Waals surface area contributed by atoms with Crippen molar-refractivity contribution in [3.8, 4) is 0 Å². The number of hydrogen-bond donors (Lipinski definition) is 2. The summed E-state index contributed by atoms with van der Waals surface area (Å²) in [7, 11) is 0. The Morgan fingerprint density at radius 2 is 1.85 bits per heavy atom.